The Kier molecular flexibility index (Phi) is 6.22. The topological polar surface area (TPSA) is 68.5 Å². The van der Waals surface area contributed by atoms with Crippen molar-refractivity contribution < 1.29 is 22.8 Å². The molecule has 0 spiro atoms. The largest absolute Gasteiger partial charge is 0.435 e. The summed E-state index contributed by atoms with van der Waals surface area (Å²) in [6, 6.07) is 6.22. The summed E-state index contributed by atoms with van der Waals surface area (Å²) in [5.74, 6) is 1.18. The number of nitrogens with zero attached hydrogens (tertiary/aromatic N) is 3. The van der Waals surface area contributed by atoms with Crippen molar-refractivity contribution >= 4 is 5.91 Å². The Hall–Kier alpha value is -2.51. The third-order valence-corrected chi connectivity index (χ3v) is 3.34. The Bertz CT molecular complexity index is 659. The molecule has 1 aromatic carbocycles. The van der Waals surface area contributed by atoms with E-state index in [9.17, 15) is 13.6 Å². The maximum Gasteiger partial charge on any atom is 0.387 e. The molecule has 1 amide bonds. The van der Waals surface area contributed by atoms with Gasteiger partial charge < -0.3 is 14.2 Å². The fourth-order valence-electron chi connectivity index (χ4n) is 2.16. The summed E-state index contributed by atoms with van der Waals surface area (Å²) in [7, 11) is 1.70. The van der Waals surface area contributed by atoms with Gasteiger partial charge in [-0.1, -0.05) is 17.3 Å². The smallest absolute Gasteiger partial charge is 0.387 e. The molecule has 0 atom stereocenters. The molecule has 24 heavy (non-hydrogen) atoms. The first kappa shape index (κ1) is 17.8. The molecule has 0 fully saturated rings. The molecule has 0 saturated carbocycles. The number of carbonyl (C=O) groups excluding carboxylic acids is 1. The minimum Gasteiger partial charge on any atom is -0.435 e. The molecule has 0 bridgehead atoms. The van der Waals surface area contributed by atoms with Crippen LogP contribution in [0.25, 0.3) is 0 Å². The van der Waals surface area contributed by atoms with E-state index in [0.29, 0.717) is 37.5 Å². The standard InChI is InChI=1S/C16H19F2N3O3/c1-11-19-14(24-20-11)4-3-5-15(22)21(2)10-12-6-8-13(9-7-12)23-16(17)18/h6-9,16H,3-5,10H2,1-2H3. The van der Waals surface area contributed by atoms with Crippen molar-refractivity contribution in [1.29, 1.82) is 0 Å². The Morgan fingerprint density at radius 2 is 2.04 bits per heavy atom. The second-order valence-corrected chi connectivity index (χ2v) is 5.36. The normalized spacial score (nSPS) is 10.9. The summed E-state index contributed by atoms with van der Waals surface area (Å²) in [5, 5.41) is 3.69. The Morgan fingerprint density at radius 1 is 1.33 bits per heavy atom. The van der Waals surface area contributed by atoms with Gasteiger partial charge in [-0.2, -0.15) is 13.8 Å². The maximum atomic E-state index is 12.1. The Balaban J connectivity index is 1.76. The number of aryl methyl sites for hydroxylation is 2. The van der Waals surface area contributed by atoms with E-state index in [1.165, 1.54) is 12.1 Å². The van der Waals surface area contributed by atoms with Gasteiger partial charge >= 0.3 is 6.61 Å². The number of alkyl halides is 2. The summed E-state index contributed by atoms with van der Waals surface area (Å²) < 4.78 is 33.5. The van der Waals surface area contributed by atoms with Crippen LogP contribution in [-0.4, -0.2) is 34.6 Å². The monoisotopic (exact) mass is 339 g/mol. The highest BCUT2D eigenvalue weighted by Gasteiger charge is 2.11. The first-order valence-corrected chi connectivity index (χ1v) is 7.51. The molecule has 0 aliphatic rings. The number of halogens is 2. The van der Waals surface area contributed by atoms with Gasteiger partial charge in [-0.15, -0.1) is 0 Å². The lowest BCUT2D eigenvalue weighted by atomic mass is 10.2. The first-order valence-electron chi connectivity index (χ1n) is 7.51. The van der Waals surface area contributed by atoms with E-state index in [1.54, 1.807) is 31.0 Å². The van der Waals surface area contributed by atoms with Crippen molar-refractivity contribution in [3.8, 4) is 5.75 Å². The molecule has 1 aromatic heterocycles. The van der Waals surface area contributed by atoms with Gasteiger partial charge in [0.15, 0.2) is 5.82 Å². The second kappa shape index (κ2) is 8.37. The van der Waals surface area contributed by atoms with E-state index in [0.717, 1.165) is 5.56 Å². The van der Waals surface area contributed by atoms with Gasteiger partial charge in [-0.25, -0.2) is 0 Å². The van der Waals surface area contributed by atoms with E-state index in [1.807, 2.05) is 0 Å². The van der Waals surface area contributed by atoms with Crippen LogP contribution in [0.2, 0.25) is 0 Å². The van der Waals surface area contributed by atoms with Crippen LogP contribution in [0.3, 0.4) is 0 Å². The maximum absolute atomic E-state index is 12.1. The molecule has 0 radical (unpaired) electrons. The minimum absolute atomic E-state index is 0.0147. The molecule has 2 rings (SSSR count). The fourth-order valence-corrected chi connectivity index (χ4v) is 2.16. The second-order valence-electron chi connectivity index (χ2n) is 5.36. The van der Waals surface area contributed by atoms with Crippen LogP contribution < -0.4 is 4.74 Å². The third kappa shape index (κ3) is 5.60. The molecule has 0 saturated heterocycles. The van der Waals surface area contributed by atoms with Crippen molar-refractivity contribution in [3.05, 3.63) is 41.5 Å². The van der Waals surface area contributed by atoms with Crippen LogP contribution in [0.15, 0.2) is 28.8 Å². The van der Waals surface area contributed by atoms with Crippen molar-refractivity contribution in [2.45, 2.75) is 39.3 Å². The average molecular weight is 339 g/mol. The third-order valence-electron chi connectivity index (χ3n) is 3.34. The quantitative estimate of drug-likeness (QED) is 0.740. The van der Waals surface area contributed by atoms with Crippen LogP contribution in [0.1, 0.15) is 30.1 Å². The van der Waals surface area contributed by atoms with E-state index in [4.69, 9.17) is 4.52 Å². The zero-order chi connectivity index (χ0) is 17.5. The zero-order valence-corrected chi connectivity index (χ0v) is 13.5. The molecule has 0 unspecified atom stereocenters. The van der Waals surface area contributed by atoms with Gasteiger partial charge in [0.05, 0.1) is 0 Å². The van der Waals surface area contributed by atoms with Crippen LogP contribution >= 0.6 is 0 Å². The van der Waals surface area contributed by atoms with E-state index < -0.39 is 6.61 Å². The lowest BCUT2D eigenvalue weighted by molar-refractivity contribution is -0.130. The molecule has 0 N–H and O–H groups in total. The summed E-state index contributed by atoms with van der Waals surface area (Å²) in [6.45, 7) is -0.709. The predicted molar refractivity (Wildman–Crippen MR) is 81.5 cm³/mol. The number of hydrogen-bond acceptors (Lipinski definition) is 5. The van der Waals surface area contributed by atoms with Crippen LogP contribution in [0.4, 0.5) is 8.78 Å². The Morgan fingerprint density at radius 3 is 2.62 bits per heavy atom. The van der Waals surface area contributed by atoms with Crippen molar-refractivity contribution in [1.82, 2.24) is 15.0 Å². The van der Waals surface area contributed by atoms with E-state index >= 15 is 0 Å². The molecule has 130 valence electrons. The van der Waals surface area contributed by atoms with Crippen LogP contribution in [0.5, 0.6) is 5.75 Å². The van der Waals surface area contributed by atoms with Crippen molar-refractivity contribution in [3.63, 3.8) is 0 Å². The van der Waals surface area contributed by atoms with Gasteiger partial charge in [0.25, 0.3) is 0 Å². The van der Waals surface area contributed by atoms with Gasteiger partial charge in [-0.3, -0.25) is 4.79 Å². The summed E-state index contributed by atoms with van der Waals surface area (Å²) in [5.41, 5.74) is 0.833. The Labute approximate surface area is 138 Å². The van der Waals surface area contributed by atoms with Gasteiger partial charge in [-0.05, 0) is 31.0 Å². The van der Waals surface area contributed by atoms with Gasteiger partial charge in [0, 0.05) is 26.4 Å². The summed E-state index contributed by atoms with van der Waals surface area (Å²) in [4.78, 5) is 17.8. The highest BCUT2D eigenvalue weighted by Crippen LogP contribution is 2.16. The molecule has 6 nitrogen and oxygen atoms in total. The lowest BCUT2D eigenvalue weighted by Crippen LogP contribution is -2.26. The number of amides is 1. The SMILES string of the molecule is Cc1noc(CCCC(=O)N(C)Cc2ccc(OC(F)F)cc2)n1. The molecule has 0 aliphatic heterocycles. The number of hydrogen-bond donors (Lipinski definition) is 0. The fraction of sp³-hybridized carbons (Fsp3) is 0.438. The van der Waals surface area contributed by atoms with Crippen LogP contribution in [0, 0.1) is 6.92 Å². The van der Waals surface area contributed by atoms with Crippen molar-refractivity contribution in [2.75, 3.05) is 7.05 Å². The molecular formula is C16H19F2N3O3. The van der Waals surface area contributed by atoms with Gasteiger partial charge in [0.1, 0.15) is 5.75 Å². The highest BCUT2D eigenvalue weighted by atomic mass is 19.3. The molecule has 2 aromatic rings. The number of aromatic nitrogens is 2. The highest BCUT2D eigenvalue weighted by molar-refractivity contribution is 5.75. The number of rotatable bonds is 8. The van der Waals surface area contributed by atoms with E-state index in [2.05, 4.69) is 14.9 Å². The molecule has 1 heterocycles. The van der Waals surface area contributed by atoms with Crippen LogP contribution in [-0.2, 0) is 17.8 Å². The number of ether oxygens (including phenoxy) is 1. The van der Waals surface area contributed by atoms with Gasteiger partial charge in [0.2, 0.25) is 11.8 Å². The zero-order valence-electron chi connectivity index (χ0n) is 13.5. The molecule has 0 aliphatic carbocycles. The summed E-state index contributed by atoms with van der Waals surface area (Å²) in [6.07, 6.45) is 1.54. The predicted octanol–water partition coefficient (Wildman–Crippen LogP) is 2.96. The van der Waals surface area contributed by atoms with Crippen molar-refractivity contribution in [2.24, 2.45) is 0 Å². The summed E-state index contributed by atoms with van der Waals surface area (Å²) >= 11 is 0. The number of carbonyl (C=O) groups is 1. The lowest BCUT2D eigenvalue weighted by Gasteiger charge is -2.17. The molecular weight excluding hydrogens is 320 g/mol. The minimum atomic E-state index is -2.84. The molecule has 8 heteroatoms. The number of benzene rings is 1. The van der Waals surface area contributed by atoms with E-state index in [-0.39, 0.29) is 11.7 Å². The first-order chi connectivity index (χ1) is 11.4. The average Bonchev–Trinajstić information content (AvgIpc) is 2.94.